The highest BCUT2D eigenvalue weighted by Crippen LogP contribution is 2.34. The number of aliphatic hydroxyl groups is 1. The van der Waals surface area contributed by atoms with E-state index in [1.165, 1.54) is 5.39 Å². The van der Waals surface area contributed by atoms with Crippen molar-refractivity contribution in [2.75, 3.05) is 5.88 Å². The van der Waals surface area contributed by atoms with Crippen molar-refractivity contribution in [3.8, 4) is 0 Å². The number of benzene rings is 3. The lowest BCUT2D eigenvalue weighted by molar-refractivity contribution is 0.0776. The number of alkyl halides is 1. The summed E-state index contributed by atoms with van der Waals surface area (Å²) in [7, 11) is 0. The van der Waals surface area contributed by atoms with Crippen molar-refractivity contribution in [3.63, 3.8) is 0 Å². The van der Waals surface area contributed by atoms with Gasteiger partial charge < -0.3 is 5.11 Å². The molecule has 0 bridgehead atoms. The number of hydrogen-bond acceptors (Lipinski definition) is 1. The third-order valence-corrected chi connectivity index (χ3v) is 4.12. The molecule has 1 unspecified atom stereocenters. The summed E-state index contributed by atoms with van der Waals surface area (Å²) in [5.74, 6) is 0.401. The Labute approximate surface area is 129 Å². The second-order valence-corrected chi connectivity index (χ2v) is 5.61. The molecule has 0 spiro atoms. The lowest BCUT2D eigenvalue weighted by atomic mass is 9.83. The zero-order chi connectivity index (χ0) is 14.7. The molecule has 1 nitrogen and oxygen atoms in total. The van der Waals surface area contributed by atoms with Crippen LogP contribution in [-0.4, -0.2) is 11.0 Å². The molecule has 0 radical (unpaired) electrons. The van der Waals surface area contributed by atoms with Crippen LogP contribution in [0.3, 0.4) is 0 Å². The van der Waals surface area contributed by atoms with E-state index >= 15 is 0 Å². The van der Waals surface area contributed by atoms with Crippen molar-refractivity contribution in [3.05, 3.63) is 83.9 Å². The van der Waals surface area contributed by atoms with Crippen molar-refractivity contribution in [2.45, 2.75) is 12.0 Å². The minimum atomic E-state index is -1.05. The van der Waals surface area contributed by atoms with Crippen LogP contribution in [0.25, 0.3) is 10.8 Å². The SMILES string of the molecule is OC(CCCl)(c1ccccc1)c1ccc2ccccc2c1. The first-order valence-corrected chi connectivity index (χ1v) is 7.61. The summed E-state index contributed by atoms with van der Waals surface area (Å²) in [4.78, 5) is 0. The van der Waals surface area contributed by atoms with Crippen molar-refractivity contribution in [1.82, 2.24) is 0 Å². The van der Waals surface area contributed by atoms with E-state index in [4.69, 9.17) is 11.6 Å². The van der Waals surface area contributed by atoms with Gasteiger partial charge in [-0.3, -0.25) is 0 Å². The summed E-state index contributed by atoms with van der Waals surface area (Å²) in [6, 6.07) is 24.0. The first-order chi connectivity index (χ1) is 10.2. The highest BCUT2D eigenvalue weighted by atomic mass is 35.5. The Morgan fingerprint density at radius 1 is 0.762 bits per heavy atom. The highest BCUT2D eigenvalue weighted by Gasteiger charge is 2.30. The van der Waals surface area contributed by atoms with Gasteiger partial charge in [0.1, 0.15) is 5.60 Å². The second-order valence-electron chi connectivity index (χ2n) is 5.23. The second kappa shape index (κ2) is 5.88. The van der Waals surface area contributed by atoms with Gasteiger partial charge in [-0.05, 0) is 34.4 Å². The van der Waals surface area contributed by atoms with E-state index in [1.54, 1.807) is 0 Å². The molecule has 0 amide bonds. The molecule has 0 saturated carbocycles. The average molecular weight is 297 g/mol. The molecule has 106 valence electrons. The van der Waals surface area contributed by atoms with Crippen LogP contribution in [0.2, 0.25) is 0 Å². The Balaban J connectivity index is 2.15. The van der Waals surface area contributed by atoms with Gasteiger partial charge in [-0.15, -0.1) is 11.6 Å². The Kier molecular flexibility index (Phi) is 3.96. The molecule has 3 rings (SSSR count). The smallest absolute Gasteiger partial charge is 0.116 e. The fourth-order valence-electron chi connectivity index (χ4n) is 2.75. The molecular weight excluding hydrogens is 280 g/mol. The van der Waals surface area contributed by atoms with Crippen LogP contribution in [0.4, 0.5) is 0 Å². The van der Waals surface area contributed by atoms with Crippen LogP contribution < -0.4 is 0 Å². The van der Waals surface area contributed by atoms with Gasteiger partial charge >= 0.3 is 0 Å². The first-order valence-electron chi connectivity index (χ1n) is 7.07. The highest BCUT2D eigenvalue weighted by molar-refractivity contribution is 6.17. The van der Waals surface area contributed by atoms with E-state index in [1.807, 2.05) is 54.6 Å². The molecule has 0 aliphatic rings. The fourth-order valence-corrected chi connectivity index (χ4v) is 3.03. The van der Waals surface area contributed by atoms with Gasteiger partial charge in [-0.1, -0.05) is 66.7 Å². The van der Waals surface area contributed by atoms with Gasteiger partial charge in [-0.2, -0.15) is 0 Å². The lowest BCUT2D eigenvalue weighted by Gasteiger charge is -2.29. The molecule has 1 atom stereocenters. The van der Waals surface area contributed by atoms with Gasteiger partial charge in [0.05, 0.1) is 0 Å². The standard InChI is InChI=1S/C19H17ClO/c20-13-12-19(21,17-8-2-1-3-9-17)18-11-10-15-6-4-5-7-16(15)14-18/h1-11,14,21H,12-13H2. The molecule has 1 N–H and O–H groups in total. The van der Waals surface area contributed by atoms with Gasteiger partial charge in [-0.25, -0.2) is 0 Å². The Morgan fingerprint density at radius 3 is 2.14 bits per heavy atom. The maximum atomic E-state index is 11.2. The van der Waals surface area contributed by atoms with Crippen LogP contribution in [0.5, 0.6) is 0 Å². The zero-order valence-corrected chi connectivity index (χ0v) is 12.4. The molecule has 0 aromatic heterocycles. The lowest BCUT2D eigenvalue weighted by Crippen LogP contribution is -2.27. The van der Waals surface area contributed by atoms with E-state index in [0.29, 0.717) is 12.3 Å². The van der Waals surface area contributed by atoms with Gasteiger partial charge in [0.15, 0.2) is 0 Å². The number of rotatable bonds is 4. The summed E-state index contributed by atoms with van der Waals surface area (Å²) in [5.41, 5.74) is 0.710. The molecule has 0 aliphatic heterocycles. The van der Waals surface area contributed by atoms with Crippen molar-refractivity contribution in [2.24, 2.45) is 0 Å². The quantitative estimate of drug-likeness (QED) is 0.692. The maximum absolute atomic E-state index is 11.2. The summed E-state index contributed by atoms with van der Waals surface area (Å²) in [6.45, 7) is 0. The summed E-state index contributed by atoms with van der Waals surface area (Å²) < 4.78 is 0. The van der Waals surface area contributed by atoms with Crippen molar-refractivity contribution >= 4 is 22.4 Å². The minimum absolute atomic E-state index is 0.401. The Morgan fingerprint density at radius 2 is 1.43 bits per heavy atom. The first kappa shape index (κ1) is 14.1. The topological polar surface area (TPSA) is 20.2 Å². The molecule has 21 heavy (non-hydrogen) atoms. The summed E-state index contributed by atoms with van der Waals surface area (Å²) in [5, 5.41) is 13.5. The predicted molar refractivity (Wildman–Crippen MR) is 88.7 cm³/mol. The Bertz CT molecular complexity index is 739. The van der Waals surface area contributed by atoms with Crippen LogP contribution in [0.15, 0.2) is 72.8 Å². The molecule has 0 saturated heterocycles. The van der Waals surface area contributed by atoms with Crippen LogP contribution in [0, 0.1) is 0 Å². The summed E-state index contributed by atoms with van der Waals surface area (Å²) in [6.07, 6.45) is 0.483. The van der Waals surface area contributed by atoms with Crippen LogP contribution in [0.1, 0.15) is 17.5 Å². The molecule has 0 fully saturated rings. The van der Waals surface area contributed by atoms with E-state index in [-0.39, 0.29) is 0 Å². The van der Waals surface area contributed by atoms with Crippen molar-refractivity contribution in [1.29, 1.82) is 0 Å². The third-order valence-electron chi connectivity index (χ3n) is 3.93. The van der Waals surface area contributed by atoms with Crippen molar-refractivity contribution < 1.29 is 5.11 Å². The normalized spacial score (nSPS) is 14.0. The molecule has 0 heterocycles. The van der Waals surface area contributed by atoms with E-state index < -0.39 is 5.60 Å². The minimum Gasteiger partial charge on any atom is -0.380 e. The number of hydrogen-bond donors (Lipinski definition) is 1. The Hall–Kier alpha value is -1.83. The average Bonchev–Trinajstić information content (AvgIpc) is 2.55. The maximum Gasteiger partial charge on any atom is 0.116 e. The van der Waals surface area contributed by atoms with Crippen LogP contribution in [-0.2, 0) is 5.60 Å². The molecule has 0 aliphatic carbocycles. The third kappa shape index (κ3) is 2.67. The molecule has 3 aromatic rings. The van der Waals surface area contributed by atoms with E-state index in [9.17, 15) is 5.11 Å². The number of halogens is 1. The van der Waals surface area contributed by atoms with Gasteiger partial charge in [0.2, 0.25) is 0 Å². The predicted octanol–water partition coefficient (Wildman–Crippen LogP) is 4.70. The van der Waals surface area contributed by atoms with E-state index in [2.05, 4.69) is 18.2 Å². The fraction of sp³-hybridized carbons (Fsp3) is 0.158. The van der Waals surface area contributed by atoms with Crippen LogP contribution >= 0.6 is 11.6 Å². The zero-order valence-electron chi connectivity index (χ0n) is 11.7. The molecule has 3 aromatic carbocycles. The van der Waals surface area contributed by atoms with E-state index in [0.717, 1.165) is 16.5 Å². The number of fused-ring (bicyclic) bond motifs is 1. The van der Waals surface area contributed by atoms with Gasteiger partial charge in [0.25, 0.3) is 0 Å². The van der Waals surface area contributed by atoms with Gasteiger partial charge in [0, 0.05) is 5.88 Å². The summed E-state index contributed by atoms with van der Waals surface area (Å²) >= 11 is 5.94. The largest absolute Gasteiger partial charge is 0.380 e. The molecular formula is C19H17ClO. The monoisotopic (exact) mass is 296 g/mol. The molecule has 2 heteroatoms.